The predicted molar refractivity (Wildman–Crippen MR) is 107 cm³/mol. The number of hydrogen-bond acceptors (Lipinski definition) is 7. The van der Waals surface area contributed by atoms with E-state index in [1.165, 1.54) is 23.1 Å². The van der Waals surface area contributed by atoms with Crippen molar-refractivity contribution >= 4 is 50.1 Å². The SMILES string of the molecule is Cc1ccc2nc(NC(=O)CSc3nnc4[nH]c(=O)c(C)c(C)n34)sc2c1. The monoisotopic (exact) mass is 400 g/mol. The van der Waals surface area contributed by atoms with Gasteiger partial charge in [0.25, 0.3) is 5.56 Å². The highest BCUT2D eigenvalue weighted by molar-refractivity contribution is 7.99. The highest BCUT2D eigenvalue weighted by Crippen LogP contribution is 2.27. The highest BCUT2D eigenvalue weighted by atomic mass is 32.2. The summed E-state index contributed by atoms with van der Waals surface area (Å²) in [4.78, 5) is 31.2. The van der Waals surface area contributed by atoms with E-state index in [-0.39, 0.29) is 17.2 Å². The second-order valence-electron chi connectivity index (χ2n) is 6.13. The van der Waals surface area contributed by atoms with Gasteiger partial charge < -0.3 is 5.32 Å². The molecule has 0 aliphatic rings. The Morgan fingerprint density at radius 3 is 2.93 bits per heavy atom. The lowest BCUT2D eigenvalue weighted by molar-refractivity contribution is -0.113. The minimum Gasteiger partial charge on any atom is -0.301 e. The van der Waals surface area contributed by atoms with Crippen molar-refractivity contribution in [3.63, 3.8) is 0 Å². The van der Waals surface area contributed by atoms with Gasteiger partial charge in [-0.25, -0.2) is 4.98 Å². The first-order chi connectivity index (χ1) is 12.9. The van der Waals surface area contributed by atoms with Gasteiger partial charge in [0.1, 0.15) is 0 Å². The number of fused-ring (bicyclic) bond motifs is 2. The summed E-state index contributed by atoms with van der Waals surface area (Å²) in [5.74, 6) is 0.353. The van der Waals surface area contributed by atoms with Gasteiger partial charge in [-0.2, -0.15) is 0 Å². The summed E-state index contributed by atoms with van der Waals surface area (Å²) in [6.07, 6.45) is 0. The van der Waals surface area contributed by atoms with Crippen LogP contribution >= 0.6 is 23.1 Å². The van der Waals surface area contributed by atoms with Crippen LogP contribution in [0.15, 0.2) is 28.2 Å². The van der Waals surface area contributed by atoms with Crippen LogP contribution in [0.3, 0.4) is 0 Å². The fourth-order valence-electron chi connectivity index (χ4n) is 2.64. The van der Waals surface area contributed by atoms with Crippen LogP contribution in [0, 0.1) is 20.8 Å². The molecule has 0 saturated carbocycles. The third kappa shape index (κ3) is 3.33. The molecule has 0 aliphatic carbocycles. The van der Waals surface area contributed by atoms with Gasteiger partial charge >= 0.3 is 0 Å². The third-order valence-corrected chi connectivity index (χ3v) is 6.06. The number of aromatic amines is 1. The first kappa shape index (κ1) is 17.7. The molecule has 2 N–H and O–H groups in total. The van der Waals surface area contributed by atoms with E-state index in [9.17, 15) is 9.59 Å². The van der Waals surface area contributed by atoms with E-state index < -0.39 is 0 Å². The van der Waals surface area contributed by atoms with Crippen molar-refractivity contribution in [1.82, 2.24) is 24.6 Å². The number of hydrogen-bond donors (Lipinski definition) is 2. The average Bonchev–Trinajstić information content (AvgIpc) is 3.20. The van der Waals surface area contributed by atoms with Crippen LogP contribution in [0.5, 0.6) is 0 Å². The summed E-state index contributed by atoms with van der Waals surface area (Å²) in [6, 6.07) is 5.99. The van der Waals surface area contributed by atoms with Gasteiger partial charge in [0.2, 0.25) is 11.7 Å². The summed E-state index contributed by atoms with van der Waals surface area (Å²) in [7, 11) is 0. The van der Waals surface area contributed by atoms with Crippen LogP contribution < -0.4 is 10.9 Å². The molecule has 8 nitrogen and oxygen atoms in total. The van der Waals surface area contributed by atoms with Crippen LogP contribution in [0.4, 0.5) is 5.13 Å². The van der Waals surface area contributed by atoms with E-state index in [1.54, 1.807) is 11.3 Å². The molecule has 3 heterocycles. The van der Waals surface area contributed by atoms with Gasteiger partial charge in [0.15, 0.2) is 10.3 Å². The number of aryl methyl sites for hydroxylation is 2. The molecule has 4 aromatic rings. The number of nitrogens with one attached hydrogen (secondary N) is 2. The van der Waals surface area contributed by atoms with E-state index >= 15 is 0 Å². The van der Waals surface area contributed by atoms with Crippen molar-refractivity contribution in [1.29, 1.82) is 0 Å². The first-order valence-corrected chi connectivity index (χ1v) is 9.97. The standard InChI is InChI=1S/C17H16N6O2S2/c1-8-4-5-11-12(6-8)27-16(18-11)19-13(24)7-26-17-22-21-15-20-14(25)9(2)10(3)23(15)17/h4-6H,7H2,1-3H3,(H,18,19,24)(H,20,21,25). The fourth-order valence-corrected chi connectivity index (χ4v) is 4.41. The van der Waals surface area contributed by atoms with Gasteiger partial charge in [0, 0.05) is 11.3 Å². The molecule has 138 valence electrons. The number of thiazole rings is 1. The molecule has 1 amide bonds. The molecule has 0 unspecified atom stereocenters. The maximum absolute atomic E-state index is 12.3. The van der Waals surface area contributed by atoms with Gasteiger partial charge in [0.05, 0.1) is 16.0 Å². The Balaban J connectivity index is 1.50. The molecule has 0 fully saturated rings. The van der Waals surface area contributed by atoms with Crippen molar-refractivity contribution in [3.8, 4) is 0 Å². The lowest BCUT2D eigenvalue weighted by Gasteiger charge is -2.05. The van der Waals surface area contributed by atoms with Crippen molar-refractivity contribution in [2.75, 3.05) is 11.1 Å². The quantitative estimate of drug-likeness (QED) is 0.510. The molecule has 0 radical (unpaired) electrons. The fraction of sp³-hybridized carbons (Fsp3) is 0.235. The van der Waals surface area contributed by atoms with Crippen molar-refractivity contribution in [3.05, 3.63) is 45.4 Å². The molecule has 0 saturated heterocycles. The van der Waals surface area contributed by atoms with E-state index in [1.807, 2.05) is 32.0 Å². The highest BCUT2D eigenvalue weighted by Gasteiger charge is 2.15. The molecule has 0 atom stereocenters. The topological polar surface area (TPSA) is 105 Å². The lowest BCUT2D eigenvalue weighted by Crippen LogP contribution is -2.16. The van der Waals surface area contributed by atoms with Gasteiger partial charge in [-0.15, -0.1) is 10.2 Å². The molecule has 0 bridgehead atoms. The molecule has 10 heteroatoms. The summed E-state index contributed by atoms with van der Waals surface area (Å²) in [5.41, 5.74) is 3.18. The molecule has 4 rings (SSSR count). The number of amides is 1. The number of thioether (sulfide) groups is 1. The van der Waals surface area contributed by atoms with Crippen LogP contribution in [0.1, 0.15) is 16.8 Å². The Labute approximate surface area is 162 Å². The minimum atomic E-state index is -0.187. The summed E-state index contributed by atoms with van der Waals surface area (Å²) >= 11 is 2.70. The molecule has 3 aromatic heterocycles. The van der Waals surface area contributed by atoms with Gasteiger partial charge in [-0.05, 0) is 38.5 Å². The molecular formula is C17H16N6O2S2. The molecular weight excluding hydrogens is 384 g/mol. The molecule has 0 spiro atoms. The van der Waals surface area contributed by atoms with Crippen molar-refractivity contribution in [2.45, 2.75) is 25.9 Å². The van der Waals surface area contributed by atoms with E-state index in [0.29, 0.717) is 21.6 Å². The van der Waals surface area contributed by atoms with Crippen LogP contribution in [0.25, 0.3) is 16.0 Å². The zero-order valence-electron chi connectivity index (χ0n) is 14.9. The normalized spacial score (nSPS) is 11.4. The second-order valence-corrected chi connectivity index (χ2v) is 8.11. The number of anilines is 1. The van der Waals surface area contributed by atoms with Crippen molar-refractivity contribution in [2.24, 2.45) is 0 Å². The number of nitrogens with zero attached hydrogens (tertiary/aromatic N) is 4. The number of rotatable bonds is 4. The Morgan fingerprint density at radius 2 is 2.11 bits per heavy atom. The van der Waals surface area contributed by atoms with Gasteiger partial charge in [-0.1, -0.05) is 29.2 Å². The largest absolute Gasteiger partial charge is 0.301 e. The number of aromatic nitrogens is 5. The smallest absolute Gasteiger partial charge is 0.255 e. The molecule has 0 aliphatic heterocycles. The third-order valence-electron chi connectivity index (χ3n) is 4.20. The number of carbonyl (C=O) groups excluding carboxylic acids is 1. The number of benzene rings is 1. The molecule has 27 heavy (non-hydrogen) atoms. The lowest BCUT2D eigenvalue weighted by atomic mass is 10.2. The molecule has 1 aromatic carbocycles. The van der Waals surface area contributed by atoms with Crippen LogP contribution in [0.2, 0.25) is 0 Å². The summed E-state index contributed by atoms with van der Waals surface area (Å²) in [6.45, 7) is 5.59. The van der Waals surface area contributed by atoms with E-state index in [2.05, 4.69) is 25.5 Å². The first-order valence-electron chi connectivity index (χ1n) is 8.17. The Hall–Kier alpha value is -2.72. The average molecular weight is 400 g/mol. The maximum atomic E-state index is 12.3. The Bertz CT molecular complexity index is 1240. The van der Waals surface area contributed by atoms with Gasteiger partial charge in [-0.3, -0.25) is 19.0 Å². The zero-order chi connectivity index (χ0) is 19.1. The van der Waals surface area contributed by atoms with Crippen molar-refractivity contribution < 1.29 is 4.79 Å². The van der Waals surface area contributed by atoms with Crippen LogP contribution in [-0.2, 0) is 4.79 Å². The minimum absolute atomic E-state index is 0.160. The predicted octanol–water partition coefficient (Wildman–Crippen LogP) is 2.68. The second kappa shape index (κ2) is 6.78. The summed E-state index contributed by atoms with van der Waals surface area (Å²) in [5, 5.41) is 12.0. The number of carbonyl (C=O) groups is 1. The summed E-state index contributed by atoms with van der Waals surface area (Å²) < 4.78 is 2.78. The van der Waals surface area contributed by atoms with Crippen LogP contribution in [-0.4, -0.2) is 36.2 Å². The Kier molecular flexibility index (Phi) is 4.44. The Morgan fingerprint density at radius 1 is 1.30 bits per heavy atom. The van der Waals surface area contributed by atoms with E-state index in [4.69, 9.17) is 0 Å². The zero-order valence-corrected chi connectivity index (χ0v) is 16.5. The van der Waals surface area contributed by atoms with E-state index in [0.717, 1.165) is 21.5 Å². The maximum Gasteiger partial charge on any atom is 0.255 e. The number of H-pyrrole nitrogens is 1.